The van der Waals surface area contributed by atoms with Gasteiger partial charge in [-0.1, -0.05) is 23.7 Å². The van der Waals surface area contributed by atoms with E-state index in [1.165, 1.54) is 12.1 Å². The quantitative estimate of drug-likeness (QED) is 0.711. The number of carbonyl (C=O) groups excluding carboxylic acids is 1. The summed E-state index contributed by atoms with van der Waals surface area (Å²) in [6.45, 7) is 1.72. The molecular formula is C18H21ClFN2O2+. The van der Waals surface area contributed by atoms with E-state index in [2.05, 4.69) is 5.32 Å². The van der Waals surface area contributed by atoms with Crippen molar-refractivity contribution in [2.45, 2.75) is 6.54 Å². The van der Waals surface area contributed by atoms with Crippen LogP contribution in [0.3, 0.4) is 0 Å². The molecule has 1 amide bonds. The second-order valence-corrected chi connectivity index (χ2v) is 6.03. The lowest BCUT2D eigenvalue weighted by Gasteiger charge is -2.14. The normalized spacial score (nSPS) is 11.8. The van der Waals surface area contributed by atoms with Crippen LogP contribution in [0.15, 0.2) is 48.5 Å². The largest absolute Gasteiger partial charge is 0.492 e. The molecule has 0 radical (unpaired) electrons. The molecule has 2 aromatic carbocycles. The minimum atomic E-state index is -0.260. The van der Waals surface area contributed by atoms with Gasteiger partial charge in [-0.3, -0.25) is 4.79 Å². The highest BCUT2D eigenvalue weighted by atomic mass is 35.5. The fraction of sp³-hybridized carbons (Fsp3) is 0.278. The first-order valence-electron chi connectivity index (χ1n) is 7.74. The maximum atomic E-state index is 13.1. The number of halogens is 2. The summed E-state index contributed by atoms with van der Waals surface area (Å²) in [5, 5.41) is 3.46. The summed E-state index contributed by atoms with van der Waals surface area (Å²) in [4.78, 5) is 12.9. The number of hydrogen-bond acceptors (Lipinski definition) is 2. The molecule has 0 fully saturated rings. The molecule has 2 N–H and O–H groups in total. The van der Waals surface area contributed by atoms with Crippen LogP contribution in [0.5, 0.6) is 5.75 Å². The monoisotopic (exact) mass is 351 g/mol. The zero-order valence-corrected chi connectivity index (χ0v) is 14.3. The lowest BCUT2D eigenvalue weighted by molar-refractivity contribution is -0.885. The van der Waals surface area contributed by atoms with Gasteiger partial charge in [0.05, 0.1) is 13.6 Å². The number of benzene rings is 2. The third-order valence-corrected chi connectivity index (χ3v) is 3.62. The average Bonchev–Trinajstić information content (AvgIpc) is 2.53. The van der Waals surface area contributed by atoms with E-state index in [-0.39, 0.29) is 11.7 Å². The number of carbonyl (C=O) groups is 1. The van der Waals surface area contributed by atoms with E-state index in [1.807, 2.05) is 13.1 Å². The Labute approximate surface area is 146 Å². The Morgan fingerprint density at radius 3 is 2.71 bits per heavy atom. The molecule has 0 aliphatic heterocycles. The van der Waals surface area contributed by atoms with Crippen LogP contribution in [0.2, 0.25) is 5.02 Å². The van der Waals surface area contributed by atoms with E-state index in [9.17, 15) is 9.18 Å². The minimum absolute atomic E-state index is 0.0661. The molecule has 0 spiro atoms. The van der Waals surface area contributed by atoms with Crippen molar-refractivity contribution in [1.29, 1.82) is 0 Å². The predicted molar refractivity (Wildman–Crippen MR) is 91.8 cm³/mol. The second kappa shape index (κ2) is 9.25. The Balaban J connectivity index is 1.64. The SMILES string of the molecule is C[NH+](CC(=O)NCCOc1ccc(Cl)cc1)Cc1cccc(F)c1. The number of likely N-dealkylation sites (N-methyl/N-ethyl adjacent to an activating group) is 1. The Kier molecular flexibility index (Phi) is 7.03. The summed E-state index contributed by atoms with van der Waals surface area (Å²) < 4.78 is 18.6. The van der Waals surface area contributed by atoms with Crippen molar-refractivity contribution in [2.75, 3.05) is 26.7 Å². The van der Waals surface area contributed by atoms with E-state index in [0.717, 1.165) is 10.5 Å². The molecule has 0 aliphatic rings. The van der Waals surface area contributed by atoms with Crippen molar-refractivity contribution in [3.63, 3.8) is 0 Å². The fourth-order valence-corrected chi connectivity index (χ4v) is 2.41. The first-order chi connectivity index (χ1) is 11.5. The number of ether oxygens (including phenoxy) is 1. The summed E-state index contributed by atoms with van der Waals surface area (Å²) >= 11 is 5.79. The van der Waals surface area contributed by atoms with E-state index < -0.39 is 0 Å². The summed E-state index contributed by atoms with van der Waals surface area (Å²) in [7, 11) is 1.90. The maximum absolute atomic E-state index is 13.1. The summed E-state index contributed by atoms with van der Waals surface area (Å²) in [6.07, 6.45) is 0. The Morgan fingerprint density at radius 2 is 2.00 bits per heavy atom. The molecule has 4 nitrogen and oxygen atoms in total. The lowest BCUT2D eigenvalue weighted by Crippen LogP contribution is -3.08. The van der Waals surface area contributed by atoms with Gasteiger partial charge in [-0.2, -0.15) is 0 Å². The average molecular weight is 352 g/mol. The van der Waals surface area contributed by atoms with Crippen molar-refractivity contribution in [3.05, 3.63) is 64.9 Å². The van der Waals surface area contributed by atoms with Crippen molar-refractivity contribution < 1.29 is 18.8 Å². The molecule has 0 aromatic heterocycles. The first-order valence-corrected chi connectivity index (χ1v) is 8.11. The topological polar surface area (TPSA) is 42.8 Å². The Bertz CT molecular complexity index is 664. The summed E-state index contributed by atoms with van der Waals surface area (Å²) in [6, 6.07) is 13.5. The highest BCUT2D eigenvalue weighted by Crippen LogP contribution is 2.15. The van der Waals surface area contributed by atoms with Gasteiger partial charge in [-0.05, 0) is 36.4 Å². The molecule has 128 valence electrons. The van der Waals surface area contributed by atoms with Crippen LogP contribution in [0.4, 0.5) is 4.39 Å². The molecule has 2 rings (SSSR count). The fourth-order valence-electron chi connectivity index (χ4n) is 2.28. The van der Waals surface area contributed by atoms with Gasteiger partial charge >= 0.3 is 0 Å². The number of rotatable bonds is 8. The number of quaternary nitrogens is 1. The number of nitrogens with one attached hydrogen (secondary N) is 2. The Morgan fingerprint density at radius 1 is 1.25 bits per heavy atom. The molecule has 0 heterocycles. The van der Waals surface area contributed by atoms with Gasteiger partial charge in [0.1, 0.15) is 24.7 Å². The maximum Gasteiger partial charge on any atom is 0.275 e. The molecule has 0 saturated carbocycles. The zero-order chi connectivity index (χ0) is 17.4. The van der Waals surface area contributed by atoms with Crippen molar-refractivity contribution >= 4 is 17.5 Å². The van der Waals surface area contributed by atoms with Crippen LogP contribution in [-0.2, 0) is 11.3 Å². The molecule has 1 atom stereocenters. The molecular weight excluding hydrogens is 331 g/mol. The minimum Gasteiger partial charge on any atom is -0.492 e. The highest BCUT2D eigenvalue weighted by molar-refractivity contribution is 6.30. The van der Waals surface area contributed by atoms with Crippen LogP contribution in [-0.4, -0.2) is 32.7 Å². The highest BCUT2D eigenvalue weighted by Gasteiger charge is 2.10. The number of hydrogen-bond donors (Lipinski definition) is 2. The van der Waals surface area contributed by atoms with Crippen LogP contribution in [0, 0.1) is 5.82 Å². The third kappa shape index (κ3) is 6.56. The first kappa shape index (κ1) is 18.2. The van der Waals surface area contributed by atoms with Gasteiger partial charge < -0.3 is 15.0 Å². The van der Waals surface area contributed by atoms with Gasteiger partial charge in [-0.15, -0.1) is 0 Å². The molecule has 0 bridgehead atoms. The smallest absolute Gasteiger partial charge is 0.275 e. The molecule has 1 unspecified atom stereocenters. The third-order valence-electron chi connectivity index (χ3n) is 3.36. The molecule has 2 aromatic rings. The predicted octanol–water partition coefficient (Wildman–Crippen LogP) is 1.69. The summed E-state index contributed by atoms with van der Waals surface area (Å²) in [5.41, 5.74) is 0.867. The van der Waals surface area contributed by atoms with Gasteiger partial charge in [0, 0.05) is 10.6 Å². The van der Waals surface area contributed by atoms with Crippen molar-refractivity contribution in [2.24, 2.45) is 0 Å². The van der Waals surface area contributed by atoms with Gasteiger partial charge in [-0.25, -0.2) is 4.39 Å². The van der Waals surface area contributed by atoms with Crippen LogP contribution in [0.25, 0.3) is 0 Å². The zero-order valence-electron chi connectivity index (χ0n) is 13.5. The van der Waals surface area contributed by atoms with E-state index in [1.54, 1.807) is 30.3 Å². The van der Waals surface area contributed by atoms with E-state index >= 15 is 0 Å². The van der Waals surface area contributed by atoms with Crippen LogP contribution < -0.4 is 15.0 Å². The molecule has 0 saturated heterocycles. The van der Waals surface area contributed by atoms with Crippen LogP contribution >= 0.6 is 11.6 Å². The van der Waals surface area contributed by atoms with Gasteiger partial charge in [0.25, 0.3) is 5.91 Å². The van der Waals surface area contributed by atoms with Crippen molar-refractivity contribution in [3.8, 4) is 5.75 Å². The van der Waals surface area contributed by atoms with E-state index in [0.29, 0.717) is 37.0 Å². The second-order valence-electron chi connectivity index (χ2n) is 5.59. The number of amides is 1. The molecule has 24 heavy (non-hydrogen) atoms. The van der Waals surface area contributed by atoms with Crippen LogP contribution in [0.1, 0.15) is 5.56 Å². The standard InChI is InChI=1S/C18H20ClFN2O2/c1-22(12-14-3-2-4-16(20)11-14)13-18(23)21-9-10-24-17-7-5-15(19)6-8-17/h2-8,11H,9-10,12-13H2,1H3,(H,21,23)/p+1. The molecule has 0 aliphatic carbocycles. The van der Waals surface area contributed by atoms with Gasteiger partial charge in [0.2, 0.25) is 0 Å². The van der Waals surface area contributed by atoms with Gasteiger partial charge in [0.15, 0.2) is 6.54 Å². The summed E-state index contributed by atoms with van der Waals surface area (Å²) in [5.74, 6) is 0.384. The Hall–Kier alpha value is -2.11. The van der Waals surface area contributed by atoms with Crippen molar-refractivity contribution in [1.82, 2.24) is 5.32 Å². The lowest BCUT2D eigenvalue weighted by atomic mass is 10.2. The van der Waals surface area contributed by atoms with E-state index in [4.69, 9.17) is 16.3 Å². The molecule has 6 heteroatoms.